The third-order valence-electron chi connectivity index (χ3n) is 4.67. The Morgan fingerprint density at radius 2 is 1.89 bits per heavy atom. The van der Waals surface area contributed by atoms with Crippen LogP contribution in [0.15, 0.2) is 40.1 Å². The van der Waals surface area contributed by atoms with Gasteiger partial charge in [-0.25, -0.2) is 9.36 Å². The number of carbonyl (C=O) groups excluding carboxylic acids is 1. The van der Waals surface area contributed by atoms with Gasteiger partial charge in [-0.15, -0.1) is 0 Å². The van der Waals surface area contributed by atoms with Crippen molar-refractivity contribution in [1.82, 2.24) is 23.1 Å². The van der Waals surface area contributed by atoms with Crippen molar-refractivity contribution in [3.05, 3.63) is 57.0 Å². The van der Waals surface area contributed by atoms with Gasteiger partial charge in [0.1, 0.15) is 12.3 Å². The summed E-state index contributed by atoms with van der Waals surface area (Å²) >= 11 is 0. The number of hydrogen-bond donors (Lipinski definition) is 1. The topological polar surface area (TPSA) is 119 Å². The first-order valence-electron chi connectivity index (χ1n) is 8.46. The van der Waals surface area contributed by atoms with E-state index >= 15 is 0 Å². The number of nitrogens with zero attached hydrogens (tertiary/aromatic N) is 5. The van der Waals surface area contributed by atoms with Gasteiger partial charge < -0.3 is 10.5 Å². The lowest BCUT2D eigenvalue weighted by Gasteiger charge is -2.07. The molecule has 2 N–H and O–H groups in total. The first-order chi connectivity index (χ1) is 13.3. The van der Waals surface area contributed by atoms with Gasteiger partial charge in [-0.1, -0.05) is 0 Å². The van der Waals surface area contributed by atoms with Crippen LogP contribution >= 0.6 is 0 Å². The van der Waals surface area contributed by atoms with Crippen molar-refractivity contribution in [2.45, 2.75) is 13.5 Å². The number of rotatable bonds is 4. The molecule has 0 aliphatic carbocycles. The van der Waals surface area contributed by atoms with E-state index in [0.717, 1.165) is 21.7 Å². The quantitative estimate of drug-likeness (QED) is 0.530. The summed E-state index contributed by atoms with van der Waals surface area (Å²) in [6, 6.07) is 7.39. The molecule has 0 saturated carbocycles. The number of amides is 1. The lowest BCUT2D eigenvalue weighted by molar-refractivity contribution is -0.118. The van der Waals surface area contributed by atoms with E-state index in [9.17, 15) is 14.4 Å². The Morgan fingerprint density at radius 1 is 1.21 bits per heavy atom. The van der Waals surface area contributed by atoms with Crippen LogP contribution in [0.2, 0.25) is 0 Å². The van der Waals surface area contributed by atoms with E-state index in [1.54, 1.807) is 17.7 Å². The number of primary amides is 1. The third-order valence-corrected chi connectivity index (χ3v) is 4.67. The first kappa shape index (κ1) is 17.6. The molecular weight excluding hydrogens is 364 g/mol. The number of ether oxygens (including phenoxy) is 1. The summed E-state index contributed by atoms with van der Waals surface area (Å²) in [4.78, 5) is 41.2. The standard InChI is InChI=1S/C18H18N6O4/c1-10-8-22-14-15(21(2)18(27)23(16(14)26)9-13(19)25)20-17(22)24(10)11-4-6-12(28-3)7-5-11/h4-8H,9H2,1-3H3,(H2,19,25). The second-order valence-electron chi connectivity index (χ2n) is 6.46. The van der Waals surface area contributed by atoms with E-state index in [1.807, 2.05) is 35.8 Å². The zero-order valence-electron chi connectivity index (χ0n) is 15.5. The Kier molecular flexibility index (Phi) is 3.84. The average Bonchev–Trinajstić information content (AvgIpc) is 3.18. The molecule has 28 heavy (non-hydrogen) atoms. The SMILES string of the molecule is COc1ccc(-n2c(C)cn3c4c(=O)n(CC(N)=O)c(=O)n(C)c4nc23)cc1. The number of aromatic nitrogens is 5. The number of carbonyl (C=O) groups is 1. The molecule has 0 radical (unpaired) electrons. The van der Waals surface area contributed by atoms with Gasteiger partial charge in [0.2, 0.25) is 11.7 Å². The van der Waals surface area contributed by atoms with E-state index in [1.165, 1.54) is 11.6 Å². The fourth-order valence-electron chi connectivity index (χ4n) is 3.36. The van der Waals surface area contributed by atoms with Crippen molar-refractivity contribution in [1.29, 1.82) is 0 Å². The van der Waals surface area contributed by atoms with Crippen LogP contribution in [0, 0.1) is 6.92 Å². The molecule has 1 amide bonds. The highest BCUT2D eigenvalue weighted by molar-refractivity contribution is 5.77. The Labute approximate surface area is 158 Å². The van der Waals surface area contributed by atoms with Gasteiger partial charge in [-0.2, -0.15) is 4.98 Å². The van der Waals surface area contributed by atoms with Gasteiger partial charge in [0.15, 0.2) is 11.2 Å². The zero-order valence-corrected chi connectivity index (χ0v) is 15.5. The summed E-state index contributed by atoms with van der Waals surface area (Å²) in [6.07, 6.45) is 1.76. The number of methoxy groups -OCH3 is 1. The van der Waals surface area contributed by atoms with Crippen molar-refractivity contribution in [3.63, 3.8) is 0 Å². The molecule has 10 heteroatoms. The summed E-state index contributed by atoms with van der Waals surface area (Å²) in [5.74, 6) is 0.419. The molecule has 0 aliphatic rings. The van der Waals surface area contributed by atoms with E-state index in [0.29, 0.717) is 5.78 Å². The zero-order chi connectivity index (χ0) is 20.2. The monoisotopic (exact) mass is 382 g/mol. The molecule has 1 aromatic carbocycles. The Hall–Kier alpha value is -3.82. The van der Waals surface area contributed by atoms with Crippen molar-refractivity contribution in [3.8, 4) is 11.4 Å². The van der Waals surface area contributed by atoms with Crippen LogP contribution in [0.1, 0.15) is 5.69 Å². The smallest absolute Gasteiger partial charge is 0.332 e. The highest BCUT2D eigenvalue weighted by Crippen LogP contribution is 2.22. The second kappa shape index (κ2) is 6.12. The van der Waals surface area contributed by atoms with Crippen molar-refractivity contribution >= 4 is 22.8 Å². The maximum atomic E-state index is 12.9. The predicted octanol–water partition coefficient (Wildman–Crippen LogP) is -0.0591. The third kappa shape index (κ3) is 2.42. The molecule has 0 saturated heterocycles. The van der Waals surface area contributed by atoms with Crippen LogP contribution in [0.3, 0.4) is 0 Å². The number of hydrogen-bond acceptors (Lipinski definition) is 5. The maximum Gasteiger partial charge on any atom is 0.332 e. The summed E-state index contributed by atoms with van der Waals surface area (Å²) in [5, 5.41) is 0. The first-order valence-corrected chi connectivity index (χ1v) is 8.46. The fraction of sp³-hybridized carbons (Fsp3) is 0.222. The van der Waals surface area contributed by atoms with Crippen LogP contribution in [0.5, 0.6) is 5.75 Å². The van der Waals surface area contributed by atoms with E-state index in [4.69, 9.17) is 10.5 Å². The maximum absolute atomic E-state index is 12.9. The Morgan fingerprint density at radius 3 is 2.50 bits per heavy atom. The molecule has 4 rings (SSSR count). The molecule has 0 fully saturated rings. The summed E-state index contributed by atoms with van der Waals surface area (Å²) in [7, 11) is 3.09. The average molecular weight is 382 g/mol. The number of benzene rings is 1. The molecular formula is C18H18N6O4. The predicted molar refractivity (Wildman–Crippen MR) is 102 cm³/mol. The molecule has 4 aromatic rings. The van der Waals surface area contributed by atoms with Gasteiger partial charge in [0, 0.05) is 24.6 Å². The van der Waals surface area contributed by atoms with Gasteiger partial charge in [-0.3, -0.25) is 23.1 Å². The van der Waals surface area contributed by atoms with E-state index < -0.39 is 23.7 Å². The molecule has 144 valence electrons. The number of nitrogens with two attached hydrogens (primary N) is 1. The van der Waals surface area contributed by atoms with Gasteiger partial charge >= 0.3 is 5.69 Å². The van der Waals surface area contributed by atoms with Crippen molar-refractivity contribution < 1.29 is 9.53 Å². The summed E-state index contributed by atoms with van der Waals surface area (Å²) < 4.78 is 10.7. The van der Waals surface area contributed by atoms with E-state index in [2.05, 4.69) is 4.98 Å². The minimum atomic E-state index is -0.772. The number of imidazole rings is 2. The Bertz CT molecular complexity index is 1350. The normalized spacial score (nSPS) is 11.4. The van der Waals surface area contributed by atoms with Crippen molar-refractivity contribution in [2.24, 2.45) is 12.8 Å². The number of aryl methyl sites for hydroxylation is 2. The molecule has 0 bridgehead atoms. The van der Waals surface area contributed by atoms with Crippen LogP contribution in [0.4, 0.5) is 0 Å². The molecule has 0 atom stereocenters. The lowest BCUT2D eigenvalue weighted by atomic mass is 10.3. The highest BCUT2D eigenvalue weighted by Gasteiger charge is 2.21. The molecule has 0 aliphatic heterocycles. The minimum Gasteiger partial charge on any atom is -0.497 e. The van der Waals surface area contributed by atoms with E-state index in [-0.39, 0.29) is 11.2 Å². The Balaban J connectivity index is 2.07. The summed E-state index contributed by atoms with van der Waals surface area (Å²) in [6.45, 7) is 1.39. The highest BCUT2D eigenvalue weighted by atomic mass is 16.5. The molecule has 0 unspecified atom stereocenters. The van der Waals surface area contributed by atoms with Crippen LogP contribution in [-0.2, 0) is 18.4 Å². The molecule has 0 spiro atoms. The minimum absolute atomic E-state index is 0.203. The van der Waals surface area contributed by atoms with Gasteiger partial charge in [0.25, 0.3) is 5.56 Å². The molecule has 3 aromatic heterocycles. The lowest BCUT2D eigenvalue weighted by Crippen LogP contribution is -2.42. The van der Waals surface area contributed by atoms with Gasteiger partial charge in [0.05, 0.1) is 7.11 Å². The van der Waals surface area contributed by atoms with Crippen molar-refractivity contribution in [2.75, 3.05) is 7.11 Å². The second-order valence-corrected chi connectivity index (χ2v) is 6.46. The van der Waals surface area contributed by atoms with Crippen LogP contribution < -0.4 is 21.7 Å². The fourth-order valence-corrected chi connectivity index (χ4v) is 3.36. The van der Waals surface area contributed by atoms with Gasteiger partial charge in [-0.05, 0) is 31.2 Å². The molecule has 10 nitrogen and oxygen atoms in total. The van der Waals surface area contributed by atoms with Crippen LogP contribution in [0.25, 0.3) is 22.6 Å². The molecule has 3 heterocycles. The number of fused-ring (bicyclic) bond motifs is 3. The van der Waals surface area contributed by atoms with Crippen LogP contribution in [-0.4, -0.2) is 36.1 Å². The summed E-state index contributed by atoms with van der Waals surface area (Å²) in [5.41, 5.74) is 6.02. The largest absolute Gasteiger partial charge is 0.497 e.